The molecule has 5 rings (SSSR count). The molecule has 1 aliphatic rings. The molecule has 12 heteroatoms. The molecule has 1 aliphatic carbocycles. The average molecular weight is 606 g/mol. The van der Waals surface area contributed by atoms with Gasteiger partial charge in [0.2, 0.25) is 10.0 Å². The first-order valence-electron chi connectivity index (χ1n) is 14.3. The van der Waals surface area contributed by atoms with Gasteiger partial charge < -0.3 is 14.6 Å². The summed E-state index contributed by atoms with van der Waals surface area (Å²) in [5, 5.41) is 11.8. The van der Waals surface area contributed by atoms with Crippen molar-refractivity contribution in [2.75, 3.05) is 23.4 Å². The maximum Gasteiger partial charge on any atom is 0.255 e. The van der Waals surface area contributed by atoms with E-state index < -0.39 is 10.0 Å². The number of methoxy groups -OCH3 is 1. The molecule has 43 heavy (non-hydrogen) atoms. The zero-order valence-corrected chi connectivity index (χ0v) is 26.7. The Morgan fingerprint density at radius 1 is 1.12 bits per heavy atom. The van der Waals surface area contributed by atoms with Gasteiger partial charge in [-0.05, 0) is 60.6 Å². The number of carbonyl (C=O) groups excluding carboxylic acids is 1. The number of aromatic nitrogens is 5. The third-order valence-corrected chi connectivity index (χ3v) is 8.02. The summed E-state index contributed by atoms with van der Waals surface area (Å²) in [7, 11) is -2.17. The number of nitrogens with one attached hydrogen (secondary N) is 2. The van der Waals surface area contributed by atoms with Gasteiger partial charge in [-0.1, -0.05) is 45.9 Å². The van der Waals surface area contributed by atoms with E-state index in [4.69, 9.17) is 4.74 Å². The number of nitrogens with zero attached hydrogens (tertiary/aromatic N) is 5. The molecular formula is C31H39N7O4S. The second-order valence-electron chi connectivity index (χ2n) is 12.5. The van der Waals surface area contributed by atoms with Crippen molar-refractivity contribution in [1.29, 1.82) is 0 Å². The van der Waals surface area contributed by atoms with E-state index in [1.165, 1.54) is 7.11 Å². The number of imidazole rings is 1. The number of sulfonamides is 1. The van der Waals surface area contributed by atoms with Crippen LogP contribution >= 0.6 is 0 Å². The Bertz CT molecular complexity index is 1790. The van der Waals surface area contributed by atoms with Crippen LogP contribution in [0.1, 0.15) is 86.7 Å². The molecule has 4 aromatic rings. The van der Waals surface area contributed by atoms with Crippen molar-refractivity contribution in [3.63, 3.8) is 0 Å². The Morgan fingerprint density at radius 2 is 1.81 bits per heavy atom. The van der Waals surface area contributed by atoms with Crippen LogP contribution in [0, 0.1) is 6.92 Å². The fraction of sp³-hybridized carbons (Fsp3) is 0.419. The second kappa shape index (κ2) is 11.1. The molecule has 1 saturated carbocycles. The van der Waals surface area contributed by atoms with Crippen molar-refractivity contribution < 1.29 is 17.9 Å². The predicted octanol–water partition coefficient (Wildman–Crippen LogP) is 5.83. The molecule has 2 aromatic carbocycles. The van der Waals surface area contributed by atoms with Gasteiger partial charge in [0.25, 0.3) is 5.91 Å². The number of aryl methyl sites for hydroxylation is 1. The first-order valence-corrected chi connectivity index (χ1v) is 16.2. The summed E-state index contributed by atoms with van der Waals surface area (Å²) in [5.41, 5.74) is 4.77. The molecule has 0 radical (unpaired) electrons. The highest BCUT2D eigenvalue weighted by Crippen LogP contribution is 2.41. The summed E-state index contributed by atoms with van der Waals surface area (Å²) < 4.78 is 36.2. The van der Waals surface area contributed by atoms with Gasteiger partial charge in [-0.25, -0.2) is 18.1 Å². The molecule has 2 N–H and O–H groups in total. The van der Waals surface area contributed by atoms with Crippen molar-refractivity contribution in [2.45, 2.75) is 71.8 Å². The molecule has 0 bridgehead atoms. The molecule has 1 fully saturated rings. The van der Waals surface area contributed by atoms with Crippen molar-refractivity contribution in [3.8, 4) is 22.8 Å². The summed E-state index contributed by atoms with van der Waals surface area (Å²) >= 11 is 0. The zero-order chi connectivity index (χ0) is 31.3. The smallest absolute Gasteiger partial charge is 0.255 e. The number of rotatable bonds is 9. The maximum atomic E-state index is 13.6. The minimum atomic E-state index is -3.60. The van der Waals surface area contributed by atoms with E-state index in [2.05, 4.69) is 43.7 Å². The SMILES string of the molecule is COc1c(NC(=O)c2ccc(C)c(-n3cc(-c4cnc(C(C)C)n4C4CC4)nn3)c2)cc(C(C)(C)C)cc1NS(C)(=O)=O. The molecule has 11 nitrogen and oxygen atoms in total. The Labute approximate surface area is 252 Å². The number of amides is 1. The van der Waals surface area contributed by atoms with Gasteiger partial charge in [-0.3, -0.25) is 9.52 Å². The van der Waals surface area contributed by atoms with Crippen molar-refractivity contribution in [2.24, 2.45) is 0 Å². The van der Waals surface area contributed by atoms with E-state index in [1.54, 1.807) is 28.9 Å². The number of hydrogen-bond donors (Lipinski definition) is 2. The Morgan fingerprint density at radius 3 is 2.42 bits per heavy atom. The molecule has 0 unspecified atom stereocenters. The first-order chi connectivity index (χ1) is 20.2. The summed E-state index contributed by atoms with van der Waals surface area (Å²) in [6.45, 7) is 12.2. The number of benzene rings is 2. The predicted molar refractivity (Wildman–Crippen MR) is 168 cm³/mol. The van der Waals surface area contributed by atoms with Gasteiger partial charge in [-0.15, -0.1) is 5.10 Å². The van der Waals surface area contributed by atoms with Crippen molar-refractivity contribution >= 4 is 27.3 Å². The molecule has 0 atom stereocenters. The lowest BCUT2D eigenvalue weighted by molar-refractivity contribution is 0.102. The molecule has 1 amide bonds. The molecule has 0 saturated heterocycles. The Kier molecular flexibility index (Phi) is 7.84. The highest BCUT2D eigenvalue weighted by atomic mass is 32.2. The topological polar surface area (TPSA) is 133 Å². The van der Waals surface area contributed by atoms with Crippen LogP contribution in [0.4, 0.5) is 11.4 Å². The number of ether oxygens (including phenoxy) is 1. The first kappa shape index (κ1) is 30.3. The van der Waals surface area contributed by atoms with E-state index in [0.717, 1.165) is 47.4 Å². The number of carbonyl (C=O) groups is 1. The fourth-order valence-electron chi connectivity index (χ4n) is 5.05. The fourth-order valence-corrected chi connectivity index (χ4v) is 5.60. The molecule has 0 spiro atoms. The highest BCUT2D eigenvalue weighted by molar-refractivity contribution is 7.92. The van der Waals surface area contributed by atoms with Crippen LogP contribution in [-0.2, 0) is 15.4 Å². The average Bonchev–Trinajstić information content (AvgIpc) is 3.45. The van der Waals surface area contributed by atoms with Gasteiger partial charge in [0.15, 0.2) is 5.75 Å². The van der Waals surface area contributed by atoms with E-state index in [0.29, 0.717) is 28.9 Å². The van der Waals surface area contributed by atoms with Crippen LogP contribution in [0.5, 0.6) is 5.75 Å². The maximum absolute atomic E-state index is 13.6. The van der Waals surface area contributed by atoms with Crippen LogP contribution in [-0.4, -0.2) is 52.2 Å². The lowest BCUT2D eigenvalue weighted by Gasteiger charge is -2.24. The van der Waals surface area contributed by atoms with E-state index in [1.807, 2.05) is 46.2 Å². The molecule has 2 aromatic heterocycles. The van der Waals surface area contributed by atoms with Crippen LogP contribution in [0.2, 0.25) is 0 Å². The van der Waals surface area contributed by atoms with Gasteiger partial charge >= 0.3 is 0 Å². The number of hydrogen-bond acceptors (Lipinski definition) is 7. The second-order valence-corrected chi connectivity index (χ2v) is 14.2. The lowest BCUT2D eigenvalue weighted by Crippen LogP contribution is -2.18. The summed E-state index contributed by atoms with van der Waals surface area (Å²) in [4.78, 5) is 18.3. The normalized spacial score (nSPS) is 13.8. The third kappa shape index (κ3) is 6.43. The molecule has 2 heterocycles. The van der Waals surface area contributed by atoms with E-state index in [-0.39, 0.29) is 22.8 Å². The molecule has 228 valence electrons. The van der Waals surface area contributed by atoms with Gasteiger partial charge in [0.05, 0.1) is 48.5 Å². The third-order valence-electron chi connectivity index (χ3n) is 7.43. The Hall–Kier alpha value is -4.19. The summed E-state index contributed by atoms with van der Waals surface area (Å²) in [5.74, 6) is 1.17. The van der Waals surface area contributed by atoms with Gasteiger partial charge in [-0.2, -0.15) is 0 Å². The quantitative estimate of drug-likeness (QED) is 0.245. The van der Waals surface area contributed by atoms with Crippen LogP contribution < -0.4 is 14.8 Å². The van der Waals surface area contributed by atoms with Crippen LogP contribution in [0.25, 0.3) is 17.1 Å². The minimum absolute atomic E-state index is 0.216. The van der Waals surface area contributed by atoms with E-state index >= 15 is 0 Å². The lowest BCUT2D eigenvalue weighted by atomic mass is 9.86. The van der Waals surface area contributed by atoms with E-state index in [9.17, 15) is 13.2 Å². The monoisotopic (exact) mass is 605 g/mol. The number of anilines is 2. The Balaban J connectivity index is 1.48. The van der Waals surface area contributed by atoms with Gasteiger partial charge in [0.1, 0.15) is 11.5 Å². The van der Waals surface area contributed by atoms with Gasteiger partial charge in [0, 0.05) is 17.5 Å². The van der Waals surface area contributed by atoms with Crippen molar-refractivity contribution in [1.82, 2.24) is 24.5 Å². The van der Waals surface area contributed by atoms with Crippen molar-refractivity contribution in [3.05, 3.63) is 65.2 Å². The molecule has 0 aliphatic heterocycles. The zero-order valence-electron chi connectivity index (χ0n) is 25.9. The van der Waals surface area contributed by atoms with Crippen LogP contribution in [0.15, 0.2) is 42.7 Å². The highest BCUT2D eigenvalue weighted by Gasteiger charge is 2.30. The largest absolute Gasteiger partial charge is 0.492 e. The standard InChI is InChI=1S/C31H39N7O4S/c1-18(2)29-32-16-27(38(29)22-11-12-22)25-17-37(36-34-25)26-13-20(10-9-19(26)3)30(39)33-23-14-21(31(4,5)6)15-24(28(23)42-7)35-43(8,40)41/h9-10,13-18,22,35H,11-12H2,1-8H3,(H,33,39). The summed E-state index contributed by atoms with van der Waals surface area (Å²) in [6, 6.07) is 9.32. The minimum Gasteiger partial charge on any atom is -0.492 e. The van der Waals surface area contributed by atoms with Crippen LogP contribution in [0.3, 0.4) is 0 Å². The summed E-state index contributed by atoms with van der Waals surface area (Å²) in [6.07, 6.45) is 7.06. The molecular weight excluding hydrogens is 566 g/mol.